The van der Waals surface area contributed by atoms with E-state index >= 15 is 0 Å². The smallest absolute Gasteiger partial charge is 0.281 e. The number of pyridine rings is 1. The number of halogens is 3. The first kappa shape index (κ1) is 24.8. The number of rotatable bonds is 3. The predicted octanol–water partition coefficient (Wildman–Crippen LogP) is 5.50. The number of carbonyl (C=O) groups is 2. The number of nitrogens with one attached hydrogen (secondary N) is 1. The van der Waals surface area contributed by atoms with Crippen LogP contribution < -0.4 is 10.2 Å². The van der Waals surface area contributed by atoms with Gasteiger partial charge in [-0.25, -0.2) is 13.8 Å². The Bertz CT molecular complexity index is 1310. The Kier molecular flexibility index (Phi) is 6.38. The average molecular weight is 500 g/mol. The van der Waals surface area contributed by atoms with Gasteiger partial charge in [0.15, 0.2) is 5.60 Å². The molecule has 182 valence electrons. The second-order valence-electron chi connectivity index (χ2n) is 8.78. The Morgan fingerprint density at radius 1 is 1.14 bits per heavy atom. The van der Waals surface area contributed by atoms with E-state index in [0.717, 1.165) is 18.1 Å². The Labute approximate surface area is 206 Å². The second kappa shape index (κ2) is 9.02. The summed E-state index contributed by atoms with van der Waals surface area (Å²) in [6.07, 6.45) is 0.535. The molecule has 6 nitrogen and oxygen atoms in total. The molecule has 0 fully saturated rings. The Hall–Kier alpha value is -3.36. The van der Waals surface area contributed by atoms with Gasteiger partial charge in [-0.2, -0.15) is 0 Å². The van der Waals surface area contributed by atoms with Crippen LogP contribution in [0.15, 0.2) is 54.7 Å². The largest absolute Gasteiger partial charge is 0.379 e. The molecule has 1 aliphatic rings. The van der Waals surface area contributed by atoms with Crippen molar-refractivity contribution >= 4 is 34.9 Å². The number of carbonyl (C=O) groups excluding carboxylic acids is 2. The third-order valence-electron chi connectivity index (χ3n) is 6.48. The van der Waals surface area contributed by atoms with Crippen molar-refractivity contribution in [3.63, 3.8) is 0 Å². The maximum atomic E-state index is 14.8. The van der Waals surface area contributed by atoms with Crippen LogP contribution in [-0.4, -0.2) is 34.4 Å². The number of fused-ring (bicyclic) bond motifs is 1. The van der Waals surface area contributed by atoms with Crippen LogP contribution in [0.25, 0.3) is 0 Å². The highest BCUT2D eigenvalue weighted by Gasteiger charge is 2.53. The number of hydrogen-bond acceptors (Lipinski definition) is 4. The number of aromatic nitrogens is 1. The topological polar surface area (TPSA) is 82.5 Å². The summed E-state index contributed by atoms with van der Waals surface area (Å²) < 4.78 is 29.6. The lowest BCUT2D eigenvalue weighted by Gasteiger charge is -2.32. The minimum Gasteiger partial charge on any atom is -0.379 e. The van der Waals surface area contributed by atoms with E-state index in [1.807, 2.05) is 19.9 Å². The molecule has 0 saturated carbocycles. The van der Waals surface area contributed by atoms with Crippen LogP contribution in [0.2, 0.25) is 5.02 Å². The van der Waals surface area contributed by atoms with E-state index in [-0.39, 0.29) is 40.1 Å². The molecule has 0 radical (unpaired) electrons. The molecule has 2 N–H and O–H groups in total. The van der Waals surface area contributed by atoms with Crippen LogP contribution in [0, 0.1) is 13.8 Å². The molecular formula is C26H24ClF2N3O3. The van der Waals surface area contributed by atoms with Crippen LogP contribution in [0.1, 0.15) is 50.8 Å². The van der Waals surface area contributed by atoms with Crippen molar-refractivity contribution in [2.75, 3.05) is 16.8 Å². The summed E-state index contributed by atoms with van der Waals surface area (Å²) in [5.41, 5.74) is -0.0114. The molecule has 1 atom stereocenters. The SMILES string of the molecule is Cc1cccc(C(=O)Nc2ccc(C(=O)N3CCC(F)(F)C(C)(O)c4cc(Cl)ccc43)cn2)c1C. The van der Waals surface area contributed by atoms with Crippen LogP contribution in [0.3, 0.4) is 0 Å². The van der Waals surface area contributed by atoms with Gasteiger partial charge in [0, 0.05) is 35.3 Å². The molecule has 0 saturated heterocycles. The van der Waals surface area contributed by atoms with Crippen molar-refractivity contribution < 1.29 is 23.5 Å². The van der Waals surface area contributed by atoms with Crippen molar-refractivity contribution in [2.24, 2.45) is 0 Å². The molecule has 1 aromatic heterocycles. The fourth-order valence-corrected chi connectivity index (χ4v) is 4.26. The lowest BCUT2D eigenvalue weighted by Crippen LogP contribution is -2.42. The zero-order valence-electron chi connectivity index (χ0n) is 19.4. The zero-order chi connectivity index (χ0) is 25.5. The lowest BCUT2D eigenvalue weighted by atomic mass is 9.87. The van der Waals surface area contributed by atoms with Gasteiger partial charge in [-0.3, -0.25) is 9.59 Å². The molecule has 9 heteroatoms. The van der Waals surface area contributed by atoms with Gasteiger partial charge in [-0.15, -0.1) is 0 Å². The Morgan fingerprint density at radius 3 is 2.57 bits per heavy atom. The number of hydrogen-bond donors (Lipinski definition) is 2. The highest BCUT2D eigenvalue weighted by molar-refractivity contribution is 6.30. The summed E-state index contributed by atoms with van der Waals surface area (Å²) in [7, 11) is 0. The minimum absolute atomic E-state index is 0.133. The molecule has 1 aliphatic heterocycles. The Morgan fingerprint density at radius 2 is 1.89 bits per heavy atom. The summed E-state index contributed by atoms with van der Waals surface area (Å²) >= 11 is 6.01. The number of nitrogens with zero attached hydrogens (tertiary/aromatic N) is 2. The van der Waals surface area contributed by atoms with Crippen LogP contribution in [0.5, 0.6) is 0 Å². The minimum atomic E-state index is -3.48. The standard InChI is InChI=1S/C26H24ClF2N3O3/c1-15-5-4-6-19(16(15)2)23(33)31-22-10-7-17(14-30-22)24(34)32-12-11-26(28,29)25(3,35)20-13-18(27)8-9-21(20)32/h4-10,13-14,35H,11-12H2,1-3H3,(H,30,31,33). The first-order chi connectivity index (χ1) is 16.4. The predicted molar refractivity (Wildman–Crippen MR) is 130 cm³/mol. The molecule has 1 unspecified atom stereocenters. The molecule has 4 rings (SSSR count). The molecule has 0 bridgehead atoms. The first-order valence-electron chi connectivity index (χ1n) is 11.0. The van der Waals surface area contributed by atoms with E-state index in [0.29, 0.717) is 5.56 Å². The molecule has 2 amide bonds. The molecule has 35 heavy (non-hydrogen) atoms. The van der Waals surface area contributed by atoms with Gasteiger partial charge in [-0.05, 0) is 68.3 Å². The number of amides is 2. The number of aliphatic hydroxyl groups is 1. The molecule has 2 heterocycles. The molecular weight excluding hydrogens is 476 g/mol. The third kappa shape index (κ3) is 4.51. The summed E-state index contributed by atoms with van der Waals surface area (Å²) in [4.78, 5) is 31.3. The summed E-state index contributed by atoms with van der Waals surface area (Å²) in [6.45, 7) is 4.47. The quantitative estimate of drug-likeness (QED) is 0.498. The molecule has 3 aromatic rings. The van der Waals surface area contributed by atoms with Crippen molar-refractivity contribution in [3.8, 4) is 0 Å². The molecule has 2 aromatic carbocycles. The van der Waals surface area contributed by atoms with Crippen LogP contribution in [0.4, 0.5) is 20.3 Å². The normalized spacial score (nSPS) is 19.0. The van der Waals surface area contributed by atoms with E-state index in [1.54, 1.807) is 12.1 Å². The number of aryl methyl sites for hydroxylation is 1. The van der Waals surface area contributed by atoms with Crippen LogP contribution in [-0.2, 0) is 5.60 Å². The second-order valence-corrected chi connectivity index (χ2v) is 9.22. The van der Waals surface area contributed by atoms with Gasteiger partial charge in [0.2, 0.25) is 0 Å². The number of anilines is 2. The fourth-order valence-electron chi connectivity index (χ4n) is 4.09. The third-order valence-corrected chi connectivity index (χ3v) is 6.72. The number of benzene rings is 2. The zero-order valence-corrected chi connectivity index (χ0v) is 20.2. The molecule has 0 aliphatic carbocycles. The van der Waals surface area contributed by atoms with Gasteiger partial charge >= 0.3 is 0 Å². The van der Waals surface area contributed by atoms with E-state index in [4.69, 9.17) is 11.6 Å². The highest BCUT2D eigenvalue weighted by Crippen LogP contribution is 2.47. The van der Waals surface area contributed by atoms with Crippen molar-refractivity contribution in [1.29, 1.82) is 0 Å². The summed E-state index contributed by atoms with van der Waals surface area (Å²) in [6, 6.07) is 12.5. The van der Waals surface area contributed by atoms with E-state index in [9.17, 15) is 23.5 Å². The highest BCUT2D eigenvalue weighted by atomic mass is 35.5. The Balaban J connectivity index is 1.60. The molecule has 0 spiro atoms. The summed E-state index contributed by atoms with van der Waals surface area (Å²) in [5, 5.41) is 13.6. The number of alkyl halides is 2. The van der Waals surface area contributed by atoms with Gasteiger partial charge in [0.1, 0.15) is 5.82 Å². The van der Waals surface area contributed by atoms with Gasteiger partial charge in [-0.1, -0.05) is 23.7 Å². The van der Waals surface area contributed by atoms with Crippen LogP contribution >= 0.6 is 11.6 Å². The average Bonchev–Trinajstić information content (AvgIpc) is 2.88. The fraction of sp³-hybridized carbons (Fsp3) is 0.269. The van der Waals surface area contributed by atoms with E-state index < -0.39 is 23.9 Å². The van der Waals surface area contributed by atoms with Crippen molar-refractivity contribution in [3.05, 3.63) is 87.6 Å². The lowest BCUT2D eigenvalue weighted by molar-refractivity contribution is -0.177. The van der Waals surface area contributed by atoms with E-state index in [1.165, 1.54) is 41.4 Å². The monoisotopic (exact) mass is 499 g/mol. The first-order valence-corrected chi connectivity index (χ1v) is 11.4. The summed E-state index contributed by atoms with van der Waals surface area (Å²) in [5.74, 6) is -4.14. The van der Waals surface area contributed by atoms with Crippen molar-refractivity contribution in [2.45, 2.75) is 38.7 Å². The van der Waals surface area contributed by atoms with Gasteiger partial charge in [0.25, 0.3) is 17.7 Å². The maximum absolute atomic E-state index is 14.8. The van der Waals surface area contributed by atoms with Crippen molar-refractivity contribution in [1.82, 2.24) is 4.98 Å². The van der Waals surface area contributed by atoms with Gasteiger partial charge < -0.3 is 15.3 Å². The van der Waals surface area contributed by atoms with Gasteiger partial charge in [0.05, 0.1) is 11.3 Å². The van der Waals surface area contributed by atoms with E-state index in [2.05, 4.69) is 10.3 Å². The maximum Gasteiger partial charge on any atom is 0.281 e.